The summed E-state index contributed by atoms with van der Waals surface area (Å²) in [4.78, 5) is 34.1. The van der Waals surface area contributed by atoms with E-state index in [1.165, 1.54) is 11.4 Å². The Kier molecular flexibility index (Phi) is 13.1. The molecule has 50 heavy (non-hydrogen) atoms. The summed E-state index contributed by atoms with van der Waals surface area (Å²) in [7, 11) is 0. The maximum absolute atomic E-state index is 12.5. The largest absolute Gasteiger partial charge is 0.465 e. The molecule has 4 aromatic carbocycles. The van der Waals surface area contributed by atoms with Gasteiger partial charge in [0, 0.05) is 75.1 Å². The summed E-state index contributed by atoms with van der Waals surface area (Å²) in [6.07, 6.45) is 0. The zero-order valence-electron chi connectivity index (χ0n) is 29.2. The highest BCUT2D eigenvalue weighted by atomic mass is 16.5. The molecule has 6 rings (SSSR count). The molecule has 2 heterocycles. The Balaban J connectivity index is 0.000000194. The molecule has 10 nitrogen and oxygen atoms in total. The van der Waals surface area contributed by atoms with Crippen LogP contribution in [0.5, 0.6) is 0 Å². The van der Waals surface area contributed by atoms with Gasteiger partial charge in [0.2, 0.25) is 0 Å². The van der Waals surface area contributed by atoms with Crippen molar-refractivity contribution in [3.8, 4) is 0 Å². The molecule has 0 bridgehead atoms. The third-order valence-electron chi connectivity index (χ3n) is 9.13. The molecule has 2 saturated heterocycles. The van der Waals surface area contributed by atoms with Gasteiger partial charge < -0.3 is 30.7 Å². The molecule has 10 heteroatoms. The molecule has 0 radical (unpaired) electrons. The highest BCUT2D eigenvalue weighted by Crippen LogP contribution is 2.27. The quantitative estimate of drug-likeness (QED) is 0.167. The van der Waals surface area contributed by atoms with Gasteiger partial charge in [0.15, 0.2) is 0 Å². The van der Waals surface area contributed by atoms with E-state index in [-0.39, 0.29) is 24.0 Å². The fourth-order valence-electron chi connectivity index (χ4n) is 6.55. The van der Waals surface area contributed by atoms with Crippen molar-refractivity contribution < 1.29 is 19.1 Å². The minimum atomic E-state index is -0.338. The van der Waals surface area contributed by atoms with E-state index in [0.717, 1.165) is 74.9 Å². The molecule has 2 fully saturated rings. The normalized spacial score (nSPS) is 16.4. The zero-order chi connectivity index (χ0) is 35.3. The number of rotatable bonds is 10. The second-order valence-corrected chi connectivity index (χ2v) is 12.4. The van der Waals surface area contributed by atoms with E-state index in [2.05, 4.69) is 19.6 Å². The van der Waals surface area contributed by atoms with Crippen molar-refractivity contribution in [2.45, 2.75) is 25.9 Å². The molecule has 2 aliphatic heterocycles. The number of carbonyl (C=O) groups excluding carboxylic acids is 2. The lowest BCUT2D eigenvalue weighted by molar-refractivity contribution is -0.151. The van der Waals surface area contributed by atoms with Crippen molar-refractivity contribution >= 4 is 34.7 Å². The van der Waals surface area contributed by atoms with Gasteiger partial charge in [0.25, 0.3) is 0 Å². The first-order valence-electron chi connectivity index (χ1n) is 17.5. The Morgan fingerprint density at radius 1 is 0.520 bits per heavy atom. The third kappa shape index (κ3) is 9.55. The molecule has 2 aliphatic rings. The number of nitrogen functional groups attached to an aromatic ring is 2. The summed E-state index contributed by atoms with van der Waals surface area (Å²) < 4.78 is 10.7. The molecule has 264 valence electrons. The van der Waals surface area contributed by atoms with Gasteiger partial charge in [-0.3, -0.25) is 9.80 Å². The van der Waals surface area contributed by atoms with Crippen molar-refractivity contribution in [2.24, 2.45) is 0 Å². The first kappa shape index (κ1) is 36.2. The van der Waals surface area contributed by atoms with Gasteiger partial charge in [-0.15, -0.1) is 0 Å². The first-order valence-corrected chi connectivity index (χ1v) is 17.5. The average Bonchev–Trinajstić information content (AvgIpc) is 3.15. The number of carbonyl (C=O) groups is 2. The predicted octanol–water partition coefficient (Wildman–Crippen LogP) is 5.39. The summed E-state index contributed by atoms with van der Waals surface area (Å²) in [5, 5.41) is 0. The van der Waals surface area contributed by atoms with Crippen LogP contribution in [0.1, 0.15) is 37.1 Å². The first-order chi connectivity index (χ1) is 24.4. The molecule has 0 spiro atoms. The van der Waals surface area contributed by atoms with Crippen LogP contribution in [0, 0.1) is 0 Å². The van der Waals surface area contributed by atoms with E-state index in [0.29, 0.717) is 13.2 Å². The monoisotopic (exact) mass is 678 g/mol. The minimum Gasteiger partial charge on any atom is -0.465 e. The van der Waals surface area contributed by atoms with E-state index < -0.39 is 0 Å². The molecule has 4 N–H and O–H groups in total. The van der Waals surface area contributed by atoms with Crippen LogP contribution in [0.2, 0.25) is 0 Å². The lowest BCUT2D eigenvalue weighted by Gasteiger charge is -2.39. The van der Waals surface area contributed by atoms with Crippen molar-refractivity contribution in [1.82, 2.24) is 9.80 Å². The molecule has 4 aromatic rings. The standard InChI is InChI=1S/2C20H25N3O2/c2*1-2-25-20(24)19(16-6-4-3-5-7-16)23-14-12-22(13-15-23)18-10-8-17(21)9-11-18/h2*3-11,19H,2,12-15,21H2,1H3/t2*19-/m10/s1. The fraction of sp³-hybridized carbons (Fsp3) is 0.350. The smallest absolute Gasteiger partial charge is 0.328 e. The Bertz CT molecular complexity index is 1480. The molecule has 0 amide bonds. The molecular weight excluding hydrogens is 628 g/mol. The van der Waals surface area contributed by atoms with Gasteiger partial charge >= 0.3 is 11.9 Å². The van der Waals surface area contributed by atoms with E-state index in [1.54, 1.807) is 0 Å². The Morgan fingerprint density at radius 2 is 0.840 bits per heavy atom. The number of piperazine rings is 2. The highest BCUT2D eigenvalue weighted by molar-refractivity contribution is 5.78. The van der Waals surface area contributed by atoms with Crippen LogP contribution in [0.4, 0.5) is 22.7 Å². The molecule has 0 aliphatic carbocycles. The van der Waals surface area contributed by atoms with Crippen LogP contribution < -0.4 is 21.3 Å². The van der Waals surface area contributed by atoms with Crippen LogP contribution in [0.15, 0.2) is 109 Å². The molecule has 2 atom stereocenters. The molecule has 0 unspecified atom stereocenters. The lowest BCUT2D eigenvalue weighted by atomic mass is 10.0. The number of nitrogens with two attached hydrogens (primary N) is 2. The number of hydrogen-bond donors (Lipinski definition) is 2. The van der Waals surface area contributed by atoms with Crippen LogP contribution in [-0.2, 0) is 19.1 Å². The summed E-state index contributed by atoms with van der Waals surface area (Å²) in [6.45, 7) is 11.2. The second kappa shape index (κ2) is 18.1. The summed E-state index contributed by atoms with van der Waals surface area (Å²) >= 11 is 0. The van der Waals surface area contributed by atoms with E-state index >= 15 is 0 Å². The van der Waals surface area contributed by atoms with Crippen LogP contribution >= 0.6 is 0 Å². The third-order valence-corrected chi connectivity index (χ3v) is 9.13. The second-order valence-electron chi connectivity index (χ2n) is 12.4. The van der Waals surface area contributed by atoms with Crippen molar-refractivity contribution in [3.63, 3.8) is 0 Å². The average molecular weight is 679 g/mol. The Morgan fingerprint density at radius 3 is 1.14 bits per heavy atom. The number of benzene rings is 4. The maximum Gasteiger partial charge on any atom is 0.328 e. The summed E-state index contributed by atoms with van der Waals surface area (Å²) in [6, 6.07) is 35.0. The van der Waals surface area contributed by atoms with E-state index in [1.807, 2.05) is 123 Å². The highest BCUT2D eigenvalue weighted by Gasteiger charge is 2.33. The predicted molar refractivity (Wildman–Crippen MR) is 201 cm³/mol. The maximum atomic E-state index is 12.5. The summed E-state index contributed by atoms with van der Waals surface area (Å²) in [5.74, 6) is -0.343. The number of hydrogen-bond acceptors (Lipinski definition) is 10. The molecule has 0 saturated carbocycles. The molecular formula is C40H50N6O4. The Hall–Kier alpha value is -5.06. The topological polar surface area (TPSA) is 118 Å². The van der Waals surface area contributed by atoms with Crippen molar-refractivity contribution in [2.75, 3.05) is 86.8 Å². The van der Waals surface area contributed by atoms with Gasteiger partial charge in [0.05, 0.1) is 13.2 Å². The number of nitrogens with zero attached hydrogens (tertiary/aromatic N) is 4. The Labute approximate surface area is 296 Å². The fourth-order valence-corrected chi connectivity index (χ4v) is 6.55. The van der Waals surface area contributed by atoms with E-state index in [9.17, 15) is 9.59 Å². The molecule has 0 aromatic heterocycles. The van der Waals surface area contributed by atoms with Gasteiger partial charge in [0.1, 0.15) is 12.1 Å². The van der Waals surface area contributed by atoms with Gasteiger partial charge in [-0.05, 0) is 73.5 Å². The summed E-state index contributed by atoms with van der Waals surface area (Å²) in [5.41, 5.74) is 17.4. The minimum absolute atomic E-state index is 0.172. The number of ether oxygens (including phenoxy) is 2. The van der Waals surface area contributed by atoms with Crippen LogP contribution in [0.25, 0.3) is 0 Å². The number of esters is 2. The van der Waals surface area contributed by atoms with Crippen LogP contribution in [0.3, 0.4) is 0 Å². The van der Waals surface area contributed by atoms with Crippen molar-refractivity contribution in [3.05, 3.63) is 120 Å². The van der Waals surface area contributed by atoms with Gasteiger partial charge in [-0.25, -0.2) is 9.59 Å². The number of anilines is 4. The van der Waals surface area contributed by atoms with E-state index in [4.69, 9.17) is 20.9 Å². The van der Waals surface area contributed by atoms with Gasteiger partial charge in [-0.2, -0.15) is 0 Å². The van der Waals surface area contributed by atoms with Crippen LogP contribution in [-0.4, -0.2) is 87.3 Å². The SMILES string of the molecule is CCOC(=O)[C@@H](c1ccccc1)N1CCN(c2ccc(N)cc2)CC1.CCOC(=O)[C@H](c1ccccc1)N1CCN(c2ccc(N)cc2)CC1. The zero-order valence-corrected chi connectivity index (χ0v) is 29.2. The van der Waals surface area contributed by atoms with Crippen molar-refractivity contribution in [1.29, 1.82) is 0 Å². The van der Waals surface area contributed by atoms with Gasteiger partial charge in [-0.1, -0.05) is 60.7 Å². The lowest BCUT2D eigenvalue weighted by Crippen LogP contribution is -2.49.